The topological polar surface area (TPSA) is 108 Å². The summed E-state index contributed by atoms with van der Waals surface area (Å²) in [5, 5.41) is 14.1. The van der Waals surface area contributed by atoms with Crippen molar-refractivity contribution in [2.75, 3.05) is 40.9 Å². The largest absolute Gasteiger partial charge is 0.756 e. The van der Waals surface area contributed by atoms with Crippen LogP contribution in [0.1, 0.15) is 309 Å². The lowest BCUT2D eigenvalue weighted by Crippen LogP contribution is -2.46. The predicted octanol–water partition coefficient (Wildman–Crippen LogP) is 21.5. The van der Waals surface area contributed by atoms with E-state index in [-0.39, 0.29) is 19.1 Å². The van der Waals surface area contributed by atoms with Crippen LogP contribution in [0.25, 0.3) is 0 Å². The standard InChI is InChI=1S/C73H133N2O6P/c1-6-8-10-12-14-16-18-20-22-24-26-28-30-31-32-33-34-35-36-37-38-39-40-41-42-43-45-47-49-51-53-55-57-59-61-63-65-67-73(77)74-71(70-81-82(78,79)80-69-68-75(3,4)5)72(76)66-64-62-60-58-56-54-52-50-48-46-44-29-27-25-23-21-19-17-15-13-11-9-7-2/h8,10,14,16,20,22,26,28,31-32,34-35,37-38,40-41,71-72,76H,6-7,9,11-13,15,17-19,21,23-25,27,29-30,33,36,39,42-70H2,1-5H3,(H-,74,77,78,79)/b10-8-,16-14-,22-20-,28-26-,32-31-,35-34-,38-37-,41-40-. The van der Waals surface area contributed by atoms with Crippen LogP contribution in [-0.2, 0) is 18.4 Å². The molecule has 3 atom stereocenters. The monoisotopic (exact) mass is 1160 g/mol. The van der Waals surface area contributed by atoms with Gasteiger partial charge in [-0.05, 0) is 77.0 Å². The number of nitrogens with zero attached hydrogens (tertiary/aromatic N) is 1. The number of quaternary nitrogens is 1. The van der Waals surface area contributed by atoms with Crippen LogP contribution in [-0.4, -0.2) is 68.5 Å². The summed E-state index contributed by atoms with van der Waals surface area (Å²) in [7, 11) is 1.30. The Balaban J connectivity index is 4.07. The Bertz CT molecular complexity index is 1660. The van der Waals surface area contributed by atoms with Crippen molar-refractivity contribution >= 4 is 13.7 Å². The molecule has 1 amide bonds. The molecule has 8 nitrogen and oxygen atoms in total. The van der Waals surface area contributed by atoms with Gasteiger partial charge in [0.2, 0.25) is 5.91 Å². The number of likely N-dealkylation sites (N-methyl/N-ethyl adjacent to an activating group) is 1. The molecule has 0 heterocycles. The molecule has 0 bridgehead atoms. The molecule has 0 spiro atoms. The first-order chi connectivity index (χ1) is 40.0. The van der Waals surface area contributed by atoms with E-state index in [0.29, 0.717) is 23.9 Å². The molecule has 0 rings (SSSR count). The number of amides is 1. The zero-order valence-electron chi connectivity index (χ0n) is 54.4. The van der Waals surface area contributed by atoms with Gasteiger partial charge in [0.05, 0.1) is 39.9 Å². The van der Waals surface area contributed by atoms with E-state index >= 15 is 0 Å². The number of rotatable bonds is 63. The quantitative estimate of drug-likeness (QED) is 0.0272. The molecule has 0 aliphatic heterocycles. The van der Waals surface area contributed by atoms with Gasteiger partial charge in [0, 0.05) is 6.42 Å². The van der Waals surface area contributed by atoms with E-state index in [9.17, 15) is 19.4 Å². The zero-order chi connectivity index (χ0) is 59.8. The molecule has 3 unspecified atom stereocenters. The fourth-order valence-electron chi connectivity index (χ4n) is 10.0. The summed E-state index contributed by atoms with van der Waals surface area (Å²) in [5.41, 5.74) is 0. The SMILES string of the molecule is CC/C=C\C/C=C\C/C=C\C/C=C\C/C=C\C/C=C\C/C=C\C/C=C\CCCCCCCCCCCCCCC(=O)NC(COP(=O)([O-])OCC[N+](C)(C)C)C(O)CCCCCCCCCCCCCCCCCCCCCCCCC. The smallest absolute Gasteiger partial charge is 0.268 e. The third-order valence-electron chi connectivity index (χ3n) is 15.3. The molecule has 0 aromatic heterocycles. The van der Waals surface area contributed by atoms with Gasteiger partial charge in [-0.2, -0.15) is 0 Å². The van der Waals surface area contributed by atoms with Crippen molar-refractivity contribution in [2.45, 2.75) is 321 Å². The molecule has 82 heavy (non-hydrogen) atoms. The lowest BCUT2D eigenvalue weighted by Gasteiger charge is -2.30. The zero-order valence-corrected chi connectivity index (χ0v) is 55.3. The molecule has 0 saturated carbocycles. The van der Waals surface area contributed by atoms with Crippen LogP contribution < -0.4 is 10.2 Å². The highest BCUT2D eigenvalue weighted by atomic mass is 31.2. The maximum atomic E-state index is 13.1. The van der Waals surface area contributed by atoms with Crippen LogP contribution in [0, 0.1) is 0 Å². The van der Waals surface area contributed by atoms with Gasteiger partial charge in [-0.15, -0.1) is 0 Å². The Labute approximate surface area is 509 Å². The third kappa shape index (κ3) is 65.0. The van der Waals surface area contributed by atoms with Gasteiger partial charge in [-0.25, -0.2) is 0 Å². The lowest BCUT2D eigenvalue weighted by atomic mass is 10.0. The number of phosphoric ester groups is 1. The molecule has 0 aromatic rings. The van der Waals surface area contributed by atoms with Gasteiger partial charge in [-0.3, -0.25) is 9.36 Å². The van der Waals surface area contributed by atoms with Crippen molar-refractivity contribution in [3.05, 3.63) is 97.2 Å². The van der Waals surface area contributed by atoms with E-state index in [2.05, 4.69) is 116 Å². The fourth-order valence-corrected chi connectivity index (χ4v) is 10.7. The van der Waals surface area contributed by atoms with Crippen molar-refractivity contribution < 1.29 is 32.9 Å². The van der Waals surface area contributed by atoms with E-state index in [1.54, 1.807) is 0 Å². The number of carbonyl (C=O) groups excluding carboxylic acids is 1. The number of carbonyl (C=O) groups is 1. The Morgan fingerprint density at radius 3 is 1.09 bits per heavy atom. The summed E-state index contributed by atoms with van der Waals surface area (Å²) in [6, 6.07) is -0.808. The number of allylic oxidation sites excluding steroid dienone is 16. The summed E-state index contributed by atoms with van der Waals surface area (Å²) in [6.45, 7) is 4.64. The summed E-state index contributed by atoms with van der Waals surface area (Å²) in [4.78, 5) is 25.7. The molecule has 0 fully saturated rings. The first-order valence-electron chi connectivity index (χ1n) is 34.6. The first-order valence-corrected chi connectivity index (χ1v) is 36.0. The number of phosphoric acid groups is 1. The molecule has 0 aliphatic carbocycles. The van der Waals surface area contributed by atoms with E-state index in [1.165, 1.54) is 193 Å². The molecule has 0 saturated heterocycles. The van der Waals surface area contributed by atoms with E-state index in [4.69, 9.17) is 9.05 Å². The average molecular weight is 1170 g/mol. The normalized spacial score (nSPS) is 14.3. The van der Waals surface area contributed by atoms with Crippen molar-refractivity contribution in [3.63, 3.8) is 0 Å². The highest BCUT2D eigenvalue weighted by molar-refractivity contribution is 7.45. The Hall–Kier alpha value is -2.58. The van der Waals surface area contributed by atoms with Crippen LogP contribution in [0.15, 0.2) is 97.2 Å². The minimum absolute atomic E-state index is 0.00911. The van der Waals surface area contributed by atoms with Crippen molar-refractivity contribution in [1.29, 1.82) is 0 Å². The third-order valence-corrected chi connectivity index (χ3v) is 16.3. The van der Waals surface area contributed by atoms with Crippen molar-refractivity contribution in [1.82, 2.24) is 5.32 Å². The van der Waals surface area contributed by atoms with Crippen LogP contribution >= 0.6 is 7.82 Å². The number of hydrogen-bond acceptors (Lipinski definition) is 6. The average Bonchev–Trinajstić information content (AvgIpc) is 3.47. The number of aliphatic hydroxyl groups is 1. The van der Waals surface area contributed by atoms with Crippen LogP contribution in [0.4, 0.5) is 0 Å². The molecular formula is C73H133N2O6P. The van der Waals surface area contributed by atoms with E-state index in [1.807, 2.05) is 21.1 Å². The van der Waals surface area contributed by atoms with Gasteiger partial charge in [0.25, 0.3) is 7.82 Å². The fraction of sp³-hybridized carbons (Fsp3) is 0.767. The van der Waals surface area contributed by atoms with Crippen LogP contribution in [0.5, 0.6) is 0 Å². The highest BCUT2D eigenvalue weighted by Crippen LogP contribution is 2.38. The van der Waals surface area contributed by atoms with Gasteiger partial charge in [-0.1, -0.05) is 323 Å². The predicted molar refractivity (Wildman–Crippen MR) is 357 cm³/mol. The summed E-state index contributed by atoms with van der Waals surface area (Å²) in [6.07, 6.45) is 90.4. The molecule has 476 valence electrons. The maximum Gasteiger partial charge on any atom is 0.268 e. The number of hydrogen-bond donors (Lipinski definition) is 2. The summed E-state index contributed by atoms with van der Waals surface area (Å²) >= 11 is 0. The maximum absolute atomic E-state index is 13.1. The Kier molecular flexibility index (Phi) is 61.0. The van der Waals surface area contributed by atoms with Crippen molar-refractivity contribution in [2.24, 2.45) is 0 Å². The minimum atomic E-state index is -4.58. The van der Waals surface area contributed by atoms with E-state index in [0.717, 1.165) is 89.9 Å². The van der Waals surface area contributed by atoms with Crippen LogP contribution in [0.3, 0.4) is 0 Å². The van der Waals surface area contributed by atoms with Gasteiger partial charge < -0.3 is 28.8 Å². The van der Waals surface area contributed by atoms with Crippen LogP contribution in [0.2, 0.25) is 0 Å². The second-order valence-corrected chi connectivity index (χ2v) is 25.9. The summed E-state index contributed by atoms with van der Waals surface area (Å²) in [5.74, 6) is -0.166. The second-order valence-electron chi connectivity index (χ2n) is 24.5. The molecule has 0 radical (unpaired) electrons. The lowest BCUT2D eigenvalue weighted by molar-refractivity contribution is -0.870. The number of aliphatic hydroxyl groups excluding tert-OH is 1. The molecule has 2 N–H and O–H groups in total. The molecule has 9 heteroatoms. The Morgan fingerprint density at radius 1 is 0.439 bits per heavy atom. The Morgan fingerprint density at radius 2 is 0.744 bits per heavy atom. The first kappa shape index (κ1) is 79.4. The molecule has 0 aromatic carbocycles. The van der Waals surface area contributed by atoms with Gasteiger partial charge in [0.1, 0.15) is 13.2 Å². The van der Waals surface area contributed by atoms with Crippen molar-refractivity contribution in [3.8, 4) is 0 Å². The summed E-state index contributed by atoms with van der Waals surface area (Å²) < 4.78 is 23.5. The van der Waals surface area contributed by atoms with E-state index < -0.39 is 20.0 Å². The molecular weight excluding hydrogens is 1030 g/mol. The highest BCUT2D eigenvalue weighted by Gasteiger charge is 2.24. The minimum Gasteiger partial charge on any atom is -0.756 e. The van der Waals surface area contributed by atoms with Gasteiger partial charge >= 0.3 is 0 Å². The number of nitrogens with one attached hydrogen (secondary N) is 1. The van der Waals surface area contributed by atoms with Gasteiger partial charge in [0.15, 0.2) is 0 Å². The molecule has 0 aliphatic rings. The number of unbranched alkanes of at least 4 members (excludes halogenated alkanes) is 34. The second kappa shape index (κ2) is 62.9.